The molecule has 1 atom stereocenters. The van der Waals surface area contributed by atoms with Crippen LogP contribution < -0.4 is 10.5 Å². The topological polar surface area (TPSA) is 116 Å². The molecule has 3 N–H and O–H groups in total. The van der Waals surface area contributed by atoms with E-state index in [9.17, 15) is 18.0 Å². The minimum atomic E-state index is -3.84. The SMILES string of the molecule is COC(=O)[C@@H](CCSC)NC(=O)c1csc(S(N)(=O)=O)c1. The molecular weight excluding hydrogens is 336 g/mol. The van der Waals surface area contributed by atoms with E-state index in [1.807, 2.05) is 6.26 Å². The van der Waals surface area contributed by atoms with Gasteiger partial charge in [-0.05, 0) is 24.5 Å². The minimum Gasteiger partial charge on any atom is -0.467 e. The largest absolute Gasteiger partial charge is 0.467 e. The van der Waals surface area contributed by atoms with E-state index in [1.54, 1.807) is 0 Å². The molecule has 1 rings (SSSR count). The second-order valence-corrected chi connectivity index (χ2v) is 7.72. The highest BCUT2D eigenvalue weighted by atomic mass is 32.2. The highest BCUT2D eigenvalue weighted by Crippen LogP contribution is 2.19. The van der Waals surface area contributed by atoms with Crippen LogP contribution in [0.15, 0.2) is 15.7 Å². The van der Waals surface area contributed by atoms with E-state index in [0.717, 1.165) is 11.3 Å². The van der Waals surface area contributed by atoms with Crippen molar-refractivity contribution in [1.82, 2.24) is 5.32 Å². The molecule has 0 saturated carbocycles. The first-order chi connectivity index (χ1) is 9.79. The molecule has 0 aliphatic heterocycles. The summed E-state index contributed by atoms with van der Waals surface area (Å²) in [4.78, 5) is 23.6. The van der Waals surface area contributed by atoms with Gasteiger partial charge in [0.05, 0.1) is 12.7 Å². The van der Waals surface area contributed by atoms with Crippen LogP contribution in [-0.4, -0.2) is 45.5 Å². The summed E-state index contributed by atoms with van der Waals surface area (Å²) in [5, 5.41) is 8.88. The first-order valence-electron chi connectivity index (χ1n) is 5.78. The Morgan fingerprint density at radius 3 is 2.67 bits per heavy atom. The van der Waals surface area contributed by atoms with Crippen LogP contribution in [0.3, 0.4) is 0 Å². The van der Waals surface area contributed by atoms with Gasteiger partial charge in [-0.25, -0.2) is 18.4 Å². The molecule has 0 bridgehead atoms. The van der Waals surface area contributed by atoms with Crippen molar-refractivity contribution in [2.24, 2.45) is 5.14 Å². The number of carbonyl (C=O) groups is 2. The van der Waals surface area contributed by atoms with E-state index >= 15 is 0 Å². The standard InChI is InChI=1S/C11H16N2O5S3/c1-18-11(15)8(3-4-19-2)13-10(14)7-5-9(20-6-7)21(12,16)17/h5-6,8H,3-4H2,1-2H3,(H,13,14)(H2,12,16,17)/t8-/m1/s1. The number of rotatable bonds is 7. The molecule has 1 heterocycles. The zero-order valence-electron chi connectivity index (χ0n) is 11.5. The first-order valence-corrected chi connectivity index (χ1v) is 9.60. The van der Waals surface area contributed by atoms with Gasteiger partial charge in [-0.2, -0.15) is 11.8 Å². The van der Waals surface area contributed by atoms with Crippen molar-refractivity contribution in [2.75, 3.05) is 19.1 Å². The van der Waals surface area contributed by atoms with Crippen molar-refractivity contribution < 1.29 is 22.7 Å². The number of thiophene rings is 1. The smallest absolute Gasteiger partial charge is 0.328 e. The molecule has 0 aliphatic rings. The van der Waals surface area contributed by atoms with Crippen LogP contribution in [0.25, 0.3) is 0 Å². The molecule has 0 unspecified atom stereocenters. The second-order valence-electron chi connectivity index (χ2n) is 4.03. The monoisotopic (exact) mass is 352 g/mol. The highest BCUT2D eigenvalue weighted by molar-refractivity contribution is 7.98. The van der Waals surface area contributed by atoms with Crippen LogP contribution in [0.1, 0.15) is 16.8 Å². The van der Waals surface area contributed by atoms with Crippen molar-refractivity contribution in [1.29, 1.82) is 0 Å². The van der Waals surface area contributed by atoms with Gasteiger partial charge in [0.2, 0.25) is 10.0 Å². The Bertz CT molecular complexity index is 611. The average Bonchev–Trinajstić information content (AvgIpc) is 2.92. The van der Waals surface area contributed by atoms with Gasteiger partial charge >= 0.3 is 5.97 Å². The van der Waals surface area contributed by atoms with E-state index in [0.29, 0.717) is 12.2 Å². The molecule has 0 saturated heterocycles. The van der Waals surface area contributed by atoms with Gasteiger partial charge < -0.3 is 10.1 Å². The summed E-state index contributed by atoms with van der Waals surface area (Å²) in [5.41, 5.74) is 0.141. The van der Waals surface area contributed by atoms with Crippen LogP contribution in [0, 0.1) is 0 Å². The van der Waals surface area contributed by atoms with Crippen LogP contribution in [-0.2, 0) is 19.6 Å². The maximum absolute atomic E-state index is 12.0. The molecular formula is C11H16N2O5S3. The molecule has 1 aromatic rings. The number of hydrogen-bond donors (Lipinski definition) is 2. The van der Waals surface area contributed by atoms with Gasteiger partial charge in [-0.3, -0.25) is 4.79 Å². The first kappa shape index (κ1) is 18.0. The number of nitrogens with two attached hydrogens (primary N) is 1. The summed E-state index contributed by atoms with van der Waals surface area (Å²) < 4.78 is 26.9. The molecule has 0 fully saturated rings. The van der Waals surface area contributed by atoms with E-state index in [2.05, 4.69) is 10.1 Å². The van der Waals surface area contributed by atoms with Crippen LogP contribution in [0.5, 0.6) is 0 Å². The molecule has 0 spiro atoms. The van der Waals surface area contributed by atoms with Gasteiger partial charge in [0.15, 0.2) is 0 Å². The zero-order chi connectivity index (χ0) is 16.0. The number of nitrogens with one attached hydrogen (secondary N) is 1. The molecule has 1 aromatic heterocycles. The third kappa shape index (κ3) is 5.30. The van der Waals surface area contributed by atoms with E-state index in [-0.39, 0.29) is 9.77 Å². The van der Waals surface area contributed by atoms with Gasteiger partial charge in [0.1, 0.15) is 10.3 Å². The molecule has 7 nitrogen and oxygen atoms in total. The van der Waals surface area contributed by atoms with Gasteiger partial charge in [-0.1, -0.05) is 0 Å². The van der Waals surface area contributed by atoms with Crippen LogP contribution in [0.4, 0.5) is 0 Å². The fourth-order valence-corrected chi connectivity index (χ4v) is 3.51. The lowest BCUT2D eigenvalue weighted by atomic mass is 10.2. The van der Waals surface area contributed by atoms with Crippen LogP contribution >= 0.6 is 23.1 Å². The predicted molar refractivity (Wildman–Crippen MR) is 82.0 cm³/mol. The number of methoxy groups -OCH3 is 1. The van der Waals surface area contributed by atoms with Crippen molar-refractivity contribution in [3.63, 3.8) is 0 Å². The number of primary sulfonamides is 1. The molecule has 0 aromatic carbocycles. The fraction of sp³-hybridized carbons (Fsp3) is 0.455. The number of amides is 1. The Balaban J connectivity index is 2.82. The lowest BCUT2D eigenvalue weighted by Gasteiger charge is -2.15. The Hall–Kier alpha value is -1.10. The Morgan fingerprint density at radius 2 is 2.19 bits per heavy atom. The van der Waals surface area contributed by atoms with Gasteiger partial charge in [0, 0.05) is 5.38 Å². The number of carbonyl (C=O) groups excluding carboxylic acids is 2. The van der Waals surface area contributed by atoms with E-state index in [1.165, 1.54) is 30.3 Å². The molecule has 0 aliphatic carbocycles. The fourth-order valence-electron chi connectivity index (χ4n) is 1.45. The number of ether oxygens (including phenoxy) is 1. The summed E-state index contributed by atoms with van der Waals surface area (Å²) >= 11 is 2.39. The predicted octanol–water partition coefficient (Wildman–Crippen LogP) is 0.420. The van der Waals surface area contributed by atoms with Crippen molar-refractivity contribution in [3.05, 3.63) is 17.0 Å². The number of thioether (sulfide) groups is 1. The maximum Gasteiger partial charge on any atom is 0.328 e. The summed E-state index contributed by atoms with van der Waals surface area (Å²) in [7, 11) is -2.60. The lowest BCUT2D eigenvalue weighted by molar-refractivity contribution is -0.142. The molecule has 21 heavy (non-hydrogen) atoms. The summed E-state index contributed by atoms with van der Waals surface area (Å²) in [6, 6.07) is 0.408. The quantitative estimate of drug-likeness (QED) is 0.687. The lowest BCUT2D eigenvalue weighted by Crippen LogP contribution is -2.41. The normalized spacial score (nSPS) is 12.7. The third-order valence-electron chi connectivity index (χ3n) is 2.52. The molecule has 0 radical (unpaired) electrons. The molecule has 1 amide bonds. The number of esters is 1. The zero-order valence-corrected chi connectivity index (χ0v) is 13.9. The molecule has 10 heteroatoms. The van der Waals surface area contributed by atoms with E-state index < -0.39 is 27.9 Å². The van der Waals surface area contributed by atoms with Crippen LogP contribution in [0.2, 0.25) is 0 Å². The average molecular weight is 352 g/mol. The third-order valence-corrected chi connectivity index (χ3v) is 5.55. The summed E-state index contributed by atoms with van der Waals surface area (Å²) in [6.07, 6.45) is 2.30. The maximum atomic E-state index is 12.0. The van der Waals surface area contributed by atoms with Gasteiger partial charge in [0.25, 0.3) is 5.91 Å². The Kier molecular flexibility index (Phi) is 6.65. The highest BCUT2D eigenvalue weighted by Gasteiger charge is 2.23. The Morgan fingerprint density at radius 1 is 1.52 bits per heavy atom. The van der Waals surface area contributed by atoms with Crippen molar-refractivity contribution >= 4 is 45.0 Å². The van der Waals surface area contributed by atoms with Crippen molar-refractivity contribution in [3.8, 4) is 0 Å². The number of hydrogen-bond acceptors (Lipinski definition) is 7. The second kappa shape index (κ2) is 7.78. The van der Waals surface area contributed by atoms with E-state index in [4.69, 9.17) is 5.14 Å². The van der Waals surface area contributed by atoms with Crippen molar-refractivity contribution in [2.45, 2.75) is 16.7 Å². The Labute approximate surface area is 131 Å². The van der Waals surface area contributed by atoms with Gasteiger partial charge in [-0.15, -0.1) is 11.3 Å². The minimum absolute atomic E-state index is 0.105. The summed E-state index contributed by atoms with van der Waals surface area (Å²) in [6.45, 7) is 0. The number of sulfonamides is 1. The molecule has 118 valence electrons. The summed E-state index contributed by atoms with van der Waals surface area (Å²) in [5.74, 6) is -0.413.